The molecule has 0 aliphatic carbocycles. The summed E-state index contributed by atoms with van der Waals surface area (Å²) in [5, 5.41) is 9.53. The van der Waals surface area contributed by atoms with Gasteiger partial charge in [0.2, 0.25) is 0 Å². The molecule has 4 rings (SSSR count). The summed E-state index contributed by atoms with van der Waals surface area (Å²) < 4.78 is 0. The number of hydrogen-bond donors (Lipinski definition) is 1. The van der Waals surface area contributed by atoms with Crippen molar-refractivity contribution in [2.75, 3.05) is 13.1 Å². The predicted octanol–water partition coefficient (Wildman–Crippen LogP) is 3.66. The monoisotopic (exact) mass is 364 g/mol. The highest BCUT2D eigenvalue weighted by Crippen LogP contribution is 2.40. The average Bonchev–Trinajstić information content (AvgIpc) is 3.11. The Morgan fingerprint density at radius 2 is 1.89 bits per heavy atom. The van der Waals surface area contributed by atoms with E-state index in [4.69, 9.17) is 0 Å². The van der Waals surface area contributed by atoms with Crippen LogP contribution in [-0.2, 0) is 13.0 Å². The third-order valence-electron chi connectivity index (χ3n) is 5.86. The maximum atomic E-state index is 13.4. The van der Waals surface area contributed by atoms with Crippen molar-refractivity contribution in [2.45, 2.75) is 38.8 Å². The van der Waals surface area contributed by atoms with Gasteiger partial charge in [0.05, 0.1) is 6.04 Å². The quantitative estimate of drug-likeness (QED) is 0.904. The molecule has 0 aromatic heterocycles. The lowest BCUT2D eigenvalue weighted by atomic mass is 9.81. The number of fused-ring (bicyclic) bond motifs is 3. The van der Waals surface area contributed by atoms with Crippen LogP contribution < -0.4 is 0 Å². The molecule has 1 N–H and O–H groups in total. The zero-order valence-corrected chi connectivity index (χ0v) is 15.7. The number of nitrogens with zero attached hydrogens (tertiary/aromatic N) is 2. The number of carbonyl (C=O) groups is 2. The van der Waals surface area contributed by atoms with Gasteiger partial charge in [0.15, 0.2) is 0 Å². The first-order chi connectivity index (χ1) is 13.0. The zero-order chi connectivity index (χ0) is 19.1. The van der Waals surface area contributed by atoms with E-state index in [2.05, 4.69) is 19.1 Å². The summed E-state index contributed by atoms with van der Waals surface area (Å²) in [7, 11) is 0. The first kappa shape index (κ1) is 17.6. The van der Waals surface area contributed by atoms with Crippen LogP contribution in [0.4, 0.5) is 4.79 Å². The summed E-state index contributed by atoms with van der Waals surface area (Å²) in [6.45, 7) is 5.40. The van der Waals surface area contributed by atoms with E-state index in [-0.39, 0.29) is 17.9 Å². The summed E-state index contributed by atoms with van der Waals surface area (Å²) in [4.78, 5) is 28.4. The van der Waals surface area contributed by atoms with Crippen molar-refractivity contribution in [3.63, 3.8) is 0 Å². The van der Waals surface area contributed by atoms with E-state index in [1.807, 2.05) is 42.2 Å². The van der Waals surface area contributed by atoms with E-state index < -0.39 is 6.09 Å². The first-order valence-corrected chi connectivity index (χ1v) is 9.45. The Morgan fingerprint density at radius 1 is 1.15 bits per heavy atom. The van der Waals surface area contributed by atoms with E-state index in [0.717, 1.165) is 28.7 Å². The van der Waals surface area contributed by atoms with Crippen molar-refractivity contribution in [1.82, 2.24) is 9.80 Å². The molecule has 2 aliphatic heterocycles. The molecule has 1 fully saturated rings. The van der Waals surface area contributed by atoms with Gasteiger partial charge < -0.3 is 14.9 Å². The molecule has 2 atom stereocenters. The average molecular weight is 364 g/mol. The van der Waals surface area contributed by atoms with Crippen LogP contribution in [0.5, 0.6) is 0 Å². The molecular weight excluding hydrogens is 340 g/mol. The summed E-state index contributed by atoms with van der Waals surface area (Å²) in [6.07, 6.45) is -0.0165. The predicted molar refractivity (Wildman–Crippen MR) is 103 cm³/mol. The van der Waals surface area contributed by atoms with Crippen LogP contribution in [0, 0.1) is 6.92 Å². The Kier molecular flexibility index (Phi) is 4.38. The SMILES string of the molecule is CCc1cc(C)c2c(c1)C1CN(C(=O)O)CC1N(Cc1ccccc1)C2=O. The molecule has 27 heavy (non-hydrogen) atoms. The minimum Gasteiger partial charge on any atom is -0.465 e. The fraction of sp³-hybridized carbons (Fsp3) is 0.364. The molecule has 140 valence electrons. The normalized spacial score (nSPS) is 21.2. The van der Waals surface area contributed by atoms with Gasteiger partial charge in [-0.15, -0.1) is 0 Å². The molecular formula is C22H24N2O3. The second-order valence-electron chi connectivity index (χ2n) is 7.51. The lowest BCUT2D eigenvalue weighted by Crippen LogP contribution is -2.48. The van der Waals surface area contributed by atoms with Gasteiger partial charge in [-0.25, -0.2) is 4.79 Å². The Hall–Kier alpha value is -2.82. The van der Waals surface area contributed by atoms with Gasteiger partial charge >= 0.3 is 6.09 Å². The third kappa shape index (κ3) is 2.97. The van der Waals surface area contributed by atoms with Gasteiger partial charge in [-0.2, -0.15) is 0 Å². The number of likely N-dealkylation sites (tertiary alicyclic amines) is 1. The van der Waals surface area contributed by atoms with E-state index in [1.54, 1.807) is 0 Å². The van der Waals surface area contributed by atoms with Gasteiger partial charge in [0.25, 0.3) is 5.91 Å². The molecule has 0 bridgehead atoms. The lowest BCUT2D eigenvalue weighted by Gasteiger charge is -2.39. The van der Waals surface area contributed by atoms with Crippen LogP contribution in [0.3, 0.4) is 0 Å². The minimum atomic E-state index is -0.915. The Bertz CT molecular complexity index is 894. The molecule has 2 unspecified atom stereocenters. The number of amides is 2. The fourth-order valence-electron chi connectivity index (χ4n) is 4.51. The zero-order valence-electron chi connectivity index (χ0n) is 15.7. The van der Waals surface area contributed by atoms with Crippen molar-refractivity contribution < 1.29 is 14.7 Å². The molecule has 0 radical (unpaired) electrons. The third-order valence-corrected chi connectivity index (χ3v) is 5.86. The molecule has 5 heteroatoms. The van der Waals surface area contributed by atoms with Crippen LogP contribution >= 0.6 is 0 Å². The number of benzene rings is 2. The number of carbonyl (C=O) groups excluding carboxylic acids is 1. The van der Waals surface area contributed by atoms with Gasteiger partial charge in [0.1, 0.15) is 0 Å². The number of hydrogen-bond acceptors (Lipinski definition) is 2. The molecule has 2 aromatic rings. The van der Waals surface area contributed by atoms with Crippen LogP contribution in [-0.4, -0.2) is 46.0 Å². The number of aryl methyl sites for hydroxylation is 2. The Morgan fingerprint density at radius 3 is 2.56 bits per heavy atom. The second kappa shape index (κ2) is 6.72. The lowest BCUT2D eigenvalue weighted by molar-refractivity contribution is 0.0619. The minimum absolute atomic E-state index is 0.0162. The van der Waals surface area contributed by atoms with Crippen molar-refractivity contribution in [3.05, 3.63) is 70.3 Å². The molecule has 5 nitrogen and oxygen atoms in total. The summed E-state index contributed by atoms with van der Waals surface area (Å²) in [5.74, 6) is 0.0465. The summed E-state index contributed by atoms with van der Waals surface area (Å²) in [6, 6.07) is 14.0. The Labute approximate surface area is 159 Å². The number of rotatable bonds is 3. The van der Waals surface area contributed by atoms with Crippen LogP contribution in [0.15, 0.2) is 42.5 Å². The summed E-state index contributed by atoms with van der Waals surface area (Å²) in [5.41, 5.74) is 5.03. The van der Waals surface area contributed by atoms with Crippen LogP contribution in [0.25, 0.3) is 0 Å². The van der Waals surface area contributed by atoms with Gasteiger partial charge in [0, 0.05) is 31.1 Å². The van der Waals surface area contributed by atoms with Gasteiger partial charge in [-0.3, -0.25) is 4.79 Å². The van der Waals surface area contributed by atoms with Gasteiger partial charge in [-0.1, -0.05) is 49.4 Å². The maximum Gasteiger partial charge on any atom is 0.407 e. The molecule has 2 aliphatic rings. The number of carboxylic acid groups (broad SMARTS) is 1. The van der Waals surface area contributed by atoms with Crippen molar-refractivity contribution >= 4 is 12.0 Å². The Balaban J connectivity index is 1.80. The van der Waals surface area contributed by atoms with Crippen LogP contribution in [0.2, 0.25) is 0 Å². The van der Waals surface area contributed by atoms with E-state index >= 15 is 0 Å². The highest BCUT2D eigenvalue weighted by Gasteiger charge is 2.47. The van der Waals surface area contributed by atoms with E-state index in [0.29, 0.717) is 19.6 Å². The smallest absolute Gasteiger partial charge is 0.407 e. The standard InChI is InChI=1S/C22H24N2O3/c1-3-15-9-14(2)20-17(10-15)18-12-23(22(26)27)13-19(18)24(21(20)25)11-16-7-5-4-6-8-16/h4-10,18-19H,3,11-13H2,1-2H3,(H,26,27). The molecule has 1 saturated heterocycles. The van der Waals surface area contributed by atoms with Crippen molar-refractivity contribution in [2.24, 2.45) is 0 Å². The maximum absolute atomic E-state index is 13.4. The van der Waals surface area contributed by atoms with Gasteiger partial charge in [-0.05, 0) is 35.6 Å². The molecule has 2 aromatic carbocycles. The largest absolute Gasteiger partial charge is 0.465 e. The second-order valence-corrected chi connectivity index (χ2v) is 7.51. The molecule has 2 heterocycles. The van der Waals surface area contributed by atoms with Crippen molar-refractivity contribution in [1.29, 1.82) is 0 Å². The van der Waals surface area contributed by atoms with E-state index in [9.17, 15) is 14.7 Å². The molecule has 0 spiro atoms. The topological polar surface area (TPSA) is 60.9 Å². The van der Waals surface area contributed by atoms with Crippen molar-refractivity contribution in [3.8, 4) is 0 Å². The summed E-state index contributed by atoms with van der Waals surface area (Å²) >= 11 is 0. The fourth-order valence-corrected chi connectivity index (χ4v) is 4.51. The molecule has 0 saturated carbocycles. The van der Waals surface area contributed by atoms with E-state index in [1.165, 1.54) is 10.5 Å². The molecule has 2 amide bonds. The highest BCUT2D eigenvalue weighted by molar-refractivity contribution is 5.99. The van der Waals surface area contributed by atoms with Crippen LogP contribution in [0.1, 0.15) is 45.5 Å². The first-order valence-electron chi connectivity index (χ1n) is 9.45. The highest BCUT2D eigenvalue weighted by atomic mass is 16.4.